The molecule has 4 heterocycles. The van der Waals surface area contributed by atoms with Crippen LogP contribution in [0.15, 0.2) is 54.0 Å². The third-order valence-corrected chi connectivity index (χ3v) is 7.94. The monoisotopic (exact) mass is 592 g/mol. The van der Waals surface area contributed by atoms with Crippen molar-refractivity contribution in [3.8, 4) is 16.9 Å². The summed E-state index contributed by atoms with van der Waals surface area (Å²) in [6.45, 7) is 14.0. The number of rotatable bonds is 5. The zero-order chi connectivity index (χ0) is 30.5. The molecule has 11 heteroatoms. The van der Waals surface area contributed by atoms with Crippen molar-refractivity contribution in [3.63, 3.8) is 0 Å². The summed E-state index contributed by atoms with van der Waals surface area (Å²) in [5, 5.41) is 0.508. The molecule has 2 unspecified atom stereocenters. The predicted octanol–water partition coefficient (Wildman–Crippen LogP) is 5.82. The summed E-state index contributed by atoms with van der Waals surface area (Å²) in [6.07, 6.45) is 2.96. The SMILES string of the molecule is C=CC(=O)N1CC(C)N(c2nc(=O)n(-c3c(C)ccnc3C(C)C)c3nc(-c4cccc(F)c4F)c(Cl)cc23)CC1C. The van der Waals surface area contributed by atoms with Crippen LogP contribution in [0.5, 0.6) is 0 Å². The molecular formula is C31H31ClF2N6O2. The Labute approximate surface area is 247 Å². The molecule has 0 radical (unpaired) electrons. The molecule has 1 aliphatic heterocycles. The topological polar surface area (TPSA) is 84.2 Å². The lowest BCUT2D eigenvalue weighted by Crippen LogP contribution is -2.58. The van der Waals surface area contributed by atoms with Gasteiger partial charge in [0.1, 0.15) is 5.82 Å². The van der Waals surface area contributed by atoms with Gasteiger partial charge in [0.15, 0.2) is 17.3 Å². The van der Waals surface area contributed by atoms with Gasteiger partial charge in [-0.05, 0) is 62.6 Å². The summed E-state index contributed by atoms with van der Waals surface area (Å²) >= 11 is 6.71. The zero-order valence-electron chi connectivity index (χ0n) is 24.0. The fourth-order valence-corrected chi connectivity index (χ4v) is 5.79. The van der Waals surface area contributed by atoms with E-state index in [2.05, 4.69) is 16.5 Å². The molecule has 1 aromatic carbocycles. The van der Waals surface area contributed by atoms with E-state index in [0.29, 0.717) is 35.7 Å². The number of piperazine rings is 1. The van der Waals surface area contributed by atoms with Crippen LogP contribution in [0.1, 0.15) is 44.9 Å². The van der Waals surface area contributed by atoms with Crippen LogP contribution in [0.2, 0.25) is 5.02 Å². The summed E-state index contributed by atoms with van der Waals surface area (Å²) in [5.74, 6) is -2.03. The number of nitrogens with zero attached hydrogens (tertiary/aromatic N) is 6. The van der Waals surface area contributed by atoms with Crippen LogP contribution in [0, 0.1) is 18.6 Å². The van der Waals surface area contributed by atoms with Crippen molar-refractivity contribution in [2.24, 2.45) is 0 Å². The molecule has 2 atom stereocenters. The molecule has 0 spiro atoms. The fourth-order valence-electron chi connectivity index (χ4n) is 5.53. The third-order valence-electron chi connectivity index (χ3n) is 7.65. The first-order valence-corrected chi connectivity index (χ1v) is 14.1. The zero-order valence-corrected chi connectivity index (χ0v) is 24.8. The molecular weight excluding hydrogens is 562 g/mol. The number of amides is 1. The first-order valence-electron chi connectivity index (χ1n) is 13.7. The number of pyridine rings is 2. The highest BCUT2D eigenvalue weighted by atomic mass is 35.5. The summed E-state index contributed by atoms with van der Waals surface area (Å²) in [5.41, 5.74) is 1.36. The molecule has 3 aromatic heterocycles. The van der Waals surface area contributed by atoms with Gasteiger partial charge in [-0.3, -0.25) is 9.78 Å². The number of halogens is 3. The lowest BCUT2D eigenvalue weighted by atomic mass is 10.0. The second kappa shape index (κ2) is 11.2. The van der Waals surface area contributed by atoms with E-state index in [-0.39, 0.29) is 45.8 Å². The molecule has 218 valence electrons. The van der Waals surface area contributed by atoms with Gasteiger partial charge in [0, 0.05) is 36.9 Å². The van der Waals surface area contributed by atoms with Crippen molar-refractivity contribution in [1.29, 1.82) is 0 Å². The number of anilines is 1. The third kappa shape index (κ3) is 4.93. The smallest absolute Gasteiger partial charge is 0.349 e. The summed E-state index contributed by atoms with van der Waals surface area (Å²) in [7, 11) is 0. The minimum Gasteiger partial charge on any atom is -0.349 e. The highest BCUT2D eigenvalue weighted by Gasteiger charge is 2.34. The van der Waals surface area contributed by atoms with Crippen LogP contribution in [-0.2, 0) is 4.79 Å². The van der Waals surface area contributed by atoms with E-state index in [9.17, 15) is 18.4 Å². The molecule has 0 bridgehead atoms. The molecule has 4 aromatic rings. The normalized spacial score (nSPS) is 17.3. The Morgan fingerprint density at radius 2 is 1.88 bits per heavy atom. The van der Waals surface area contributed by atoms with Crippen molar-refractivity contribution in [2.75, 3.05) is 18.0 Å². The Kier molecular flexibility index (Phi) is 7.85. The molecule has 0 aliphatic carbocycles. The number of fused-ring (bicyclic) bond motifs is 1. The molecule has 0 N–H and O–H groups in total. The number of hydrogen-bond acceptors (Lipinski definition) is 6. The Bertz CT molecular complexity index is 1790. The number of aromatic nitrogens is 4. The van der Waals surface area contributed by atoms with Gasteiger partial charge in [0.25, 0.3) is 0 Å². The average molecular weight is 593 g/mol. The van der Waals surface area contributed by atoms with E-state index in [1.54, 1.807) is 23.2 Å². The van der Waals surface area contributed by atoms with Gasteiger partial charge >= 0.3 is 5.69 Å². The molecule has 0 saturated carbocycles. The van der Waals surface area contributed by atoms with E-state index in [1.807, 2.05) is 39.5 Å². The van der Waals surface area contributed by atoms with Crippen molar-refractivity contribution in [1.82, 2.24) is 24.4 Å². The number of carbonyl (C=O) groups is 1. The largest absolute Gasteiger partial charge is 0.355 e. The van der Waals surface area contributed by atoms with Gasteiger partial charge in [-0.25, -0.2) is 23.1 Å². The summed E-state index contributed by atoms with van der Waals surface area (Å²) in [4.78, 5) is 43.9. The number of benzene rings is 1. The maximum Gasteiger partial charge on any atom is 0.355 e. The minimum absolute atomic E-state index is 0.0121. The average Bonchev–Trinajstić information content (AvgIpc) is 2.95. The van der Waals surface area contributed by atoms with Crippen molar-refractivity contribution >= 4 is 34.4 Å². The Morgan fingerprint density at radius 1 is 1.14 bits per heavy atom. The molecule has 1 amide bonds. The van der Waals surface area contributed by atoms with E-state index >= 15 is 0 Å². The Balaban J connectivity index is 1.84. The van der Waals surface area contributed by atoms with Gasteiger partial charge in [0.2, 0.25) is 5.91 Å². The van der Waals surface area contributed by atoms with E-state index in [4.69, 9.17) is 16.6 Å². The second-order valence-electron chi connectivity index (χ2n) is 10.9. The maximum atomic E-state index is 15.0. The van der Waals surface area contributed by atoms with Crippen molar-refractivity contribution < 1.29 is 13.6 Å². The van der Waals surface area contributed by atoms with Gasteiger partial charge in [-0.2, -0.15) is 4.98 Å². The first-order chi connectivity index (χ1) is 19.9. The second-order valence-corrected chi connectivity index (χ2v) is 11.3. The maximum absolute atomic E-state index is 15.0. The number of carbonyl (C=O) groups excluding carboxylic acids is 1. The minimum atomic E-state index is -1.10. The predicted molar refractivity (Wildman–Crippen MR) is 160 cm³/mol. The van der Waals surface area contributed by atoms with Crippen LogP contribution < -0.4 is 10.6 Å². The van der Waals surface area contributed by atoms with E-state index in [0.717, 1.165) is 11.6 Å². The number of hydrogen-bond donors (Lipinski definition) is 0. The molecule has 42 heavy (non-hydrogen) atoms. The molecule has 1 fully saturated rings. The van der Waals surface area contributed by atoms with Gasteiger partial charge < -0.3 is 9.80 Å². The van der Waals surface area contributed by atoms with Gasteiger partial charge in [-0.15, -0.1) is 0 Å². The van der Waals surface area contributed by atoms with Crippen LogP contribution in [-0.4, -0.2) is 55.5 Å². The summed E-state index contributed by atoms with van der Waals surface area (Å²) in [6, 6.07) is 6.72. The highest BCUT2D eigenvalue weighted by molar-refractivity contribution is 6.33. The lowest BCUT2D eigenvalue weighted by molar-refractivity contribution is -0.128. The Hall–Kier alpha value is -4.18. The standard InChI is InChI=1S/C31H31ClF2N6O2/c1-7-24(41)38-14-19(6)39(15-18(38)5)29-21-13-22(32)27(20-9-8-10-23(33)25(20)34)36-30(21)40(31(42)37-29)28-17(4)11-12-35-26(28)16(2)3/h7-13,16,18-19H,1,14-15H2,2-6H3. The van der Waals surface area contributed by atoms with Crippen LogP contribution in [0.4, 0.5) is 14.6 Å². The molecule has 8 nitrogen and oxygen atoms in total. The first kappa shape index (κ1) is 29.3. The van der Waals surface area contributed by atoms with Crippen LogP contribution in [0.25, 0.3) is 28.0 Å². The van der Waals surface area contributed by atoms with E-state index in [1.165, 1.54) is 22.8 Å². The fraction of sp³-hybridized carbons (Fsp3) is 0.323. The van der Waals surface area contributed by atoms with Crippen molar-refractivity contribution in [2.45, 2.75) is 52.6 Å². The number of aryl methyl sites for hydroxylation is 1. The van der Waals surface area contributed by atoms with Gasteiger partial charge in [0.05, 0.1) is 27.5 Å². The van der Waals surface area contributed by atoms with E-state index < -0.39 is 17.3 Å². The van der Waals surface area contributed by atoms with Crippen LogP contribution >= 0.6 is 11.6 Å². The highest BCUT2D eigenvalue weighted by Crippen LogP contribution is 2.37. The molecule has 5 rings (SSSR count). The van der Waals surface area contributed by atoms with Gasteiger partial charge in [-0.1, -0.05) is 38.1 Å². The quantitative estimate of drug-likeness (QED) is 0.272. The van der Waals surface area contributed by atoms with Crippen molar-refractivity contribution in [3.05, 3.63) is 87.6 Å². The molecule has 1 saturated heterocycles. The van der Waals surface area contributed by atoms with Crippen LogP contribution in [0.3, 0.4) is 0 Å². The summed E-state index contributed by atoms with van der Waals surface area (Å²) < 4.78 is 30.6. The Morgan fingerprint density at radius 3 is 2.57 bits per heavy atom. The lowest BCUT2D eigenvalue weighted by Gasteiger charge is -2.44. The molecule has 1 aliphatic rings.